The number of benzene rings is 2. The third-order valence-electron chi connectivity index (χ3n) is 14.9. The molecular weight excluding hydrogens is 1020 g/mol. The molecule has 2 saturated heterocycles. The number of piperidine rings is 1. The Morgan fingerprint density at radius 3 is 2.14 bits per heavy atom. The van der Waals surface area contributed by atoms with Crippen molar-refractivity contribution in [3.8, 4) is 17.2 Å². The SMILES string of the molecule is CC[C@@H]1/C=C(\C)C[C@H](C)C[C@H](OC)[C@H]2O[C@@](O)(C(=O)C(=O)N3CCCC[C@H]3C(=O)O[C@H](/C(C)=C/[C@@H]3CC[C@@H](Cl)[C@H](OC)C3)[C@H](C)[C@@H](O)CC1=O)[C@H](C)C[C@@H]2OC.Oc1cc(Cl)ccc1Oc1ccc(Cl)cc1Cl. The number of phenols is 1. The van der Waals surface area contributed by atoms with Crippen molar-refractivity contribution >= 4 is 69.8 Å². The quantitative estimate of drug-likeness (QED) is 0.0982. The van der Waals surface area contributed by atoms with Crippen LogP contribution in [0.2, 0.25) is 15.1 Å². The second-order valence-electron chi connectivity index (χ2n) is 20.4. The van der Waals surface area contributed by atoms with E-state index in [1.807, 2.05) is 32.9 Å². The number of alkyl halides is 1. The van der Waals surface area contributed by atoms with Crippen molar-refractivity contribution in [1.82, 2.24) is 4.90 Å². The number of amides is 1. The summed E-state index contributed by atoms with van der Waals surface area (Å²) in [6.07, 6.45) is 5.16. The number of ketones is 2. The second-order valence-corrected chi connectivity index (χ2v) is 22.2. The average Bonchev–Trinajstić information content (AvgIpc) is 3.35. The minimum Gasteiger partial charge on any atom is -0.504 e. The van der Waals surface area contributed by atoms with Gasteiger partial charge in [-0.15, -0.1) is 11.6 Å². The highest BCUT2D eigenvalue weighted by atomic mass is 35.5. The summed E-state index contributed by atoms with van der Waals surface area (Å²) in [5, 5.41) is 34.5. The molecule has 3 heterocycles. The number of halogens is 4. The van der Waals surface area contributed by atoms with E-state index in [4.69, 9.17) is 74.8 Å². The van der Waals surface area contributed by atoms with Gasteiger partial charge >= 0.3 is 5.97 Å². The summed E-state index contributed by atoms with van der Waals surface area (Å²) in [6, 6.07) is 8.28. The number of esters is 1. The molecule has 2 bridgehead atoms. The Bertz CT molecular complexity index is 2230. The normalized spacial score (nSPS) is 34.3. The summed E-state index contributed by atoms with van der Waals surface area (Å²) in [5.74, 6) is -6.67. The predicted octanol–water partition coefficient (Wildman–Crippen LogP) is 10.9. The highest BCUT2D eigenvalue weighted by Crippen LogP contribution is 2.41. The van der Waals surface area contributed by atoms with Crippen LogP contribution in [0.3, 0.4) is 0 Å². The minimum absolute atomic E-state index is 0.0425. The van der Waals surface area contributed by atoms with Crippen molar-refractivity contribution in [2.24, 2.45) is 29.6 Å². The zero-order valence-electron chi connectivity index (χ0n) is 43.5. The van der Waals surface area contributed by atoms with Crippen LogP contribution in [0, 0.1) is 29.6 Å². The first-order valence-electron chi connectivity index (χ1n) is 25.4. The van der Waals surface area contributed by atoms with Gasteiger partial charge in [-0.05, 0) is 126 Å². The molecule has 4 aliphatic rings. The fourth-order valence-electron chi connectivity index (χ4n) is 10.6. The number of Topliss-reactive ketones (excluding diaryl/α,β-unsaturated/α-hetero) is 2. The van der Waals surface area contributed by atoms with Gasteiger partial charge in [0.05, 0.1) is 34.8 Å². The van der Waals surface area contributed by atoms with E-state index in [2.05, 4.69) is 6.92 Å². The van der Waals surface area contributed by atoms with E-state index in [1.54, 1.807) is 51.3 Å². The van der Waals surface area contributed by atoms with E-state index in [9.17, 15) is 34.5 Å². The number of allylic oxidation sites excluding steroid dienone is 3. The summed E-state index contributed by atoms with van der Waals surface area (Å²) >= 11 is 23.9. The van der Waals surface area contributed by atoms with E-state index >= 15 is 0 Å². The molecule has 14 nitrogen and oxygen atoms in total. The van der Waals surface area contributed by atoms with Crippen molar-refractivity contribution in [2.75, 3.05) is 27.9 Å². The number of phenolic OH excluding ortho intramolecular Hbond substituents is 1. The zero-order valence-corrected chi connectivity index (χ0v) is 46.5. The molecule has 3 aliphatic heterocycles. The van der Waals surface area contributed by atoms with Crippen LogP contribution < -0.4 is 4.74 Å². The Labute approximate surface area is 450 Å². The number of cyclic esters (lactones) is 1. The van der Waals surface area contributed by atoms with Crippen LogP contribution >= 0.6 is 46.4 Å². The van der Waals surface area contributed by atoms with Crippen LogP contribution in [-0.2, 0) is 42.9 Å². The van der Waals surface area contributed by atoms with Crippen LogP contribution in [0.4, 0.5) is 0 Å². The number of hydrogen-bond acceptors (Lipinski definition) is 13. The molecule has 1 aliphatic carbocycles. The van der Waals surface area contributed by atoms with Gasteiger partial charge in [0.1, 0.15) is 29.8 Å². The molecule has 0 aromatic heterocycles. The number of fused-ring (bicyclic) bond motifs is 3. The molecule has 0 spiro atoms. The lowest BCUT2D eigenvalue weighted by atomic mass is 9.82. The molecule has 0 radical (unpaired) electrons. The Balaban J connectivity index is 0.000000487. The molecule has 18 heteroatoms. The number of aromatic hydroxyl groups is 1. The largest absolute Gasteiger partial charge is 0.504 e. The van der Waals surface area contributed by atoms with E-state index in [1.165, 1.54) is 25.2 Å². The van der Waals surface area contributed by atoms with Gasteiger partial charge in [-0.3, -0.25) is 14.4 Å². The molecule has 73 heavy (non-hydrogen) atoms. The maximum Gasteiger partial charge on any atom is 0.329 e. The Hall–Kier alpha value is -3.28. The smallest absolute Gasteiger partial charge is 0.329 e. The molecule has 3 N–H and O–H groups in total. The zero-order chi connectivity index (χ0) is 53.9. The average molecular weight is 1100 g/mol. The fourth-order valence-corrected chi connectivity index (χ4v) is 11.6. The molecule has 6 rings (SSSR count). The van der Waals surface area contributed by atoms with Crippen LogP contribution in [0.15, 0.2) is 59.7 Å². The van der Waals surface area contributed by atoms with Crippen LogP contribution in [-0.4, -0.2) is 125 Å². The van der Waals surface area contributed by atoms with Gasteiger partial charge in [-0.1, -0.05) is 80.2 Å². The topological polar surface area (TPSA) is 188 Å². The Morgan fingerprint density at radius 2 is 1.51 bits per heavy atom. The third kappa shape index (κ3) is 15.7. The first kappa shape index (κ1) is 60.6. The lowest BCUT2D eigenvalue weighted by Crippen LogP contribution is -2.64. The monoisotopic (exact) mass is 1100 g/mol. The van der Waals surface area contributed by atoms with Gasteiger partial charge in [0.15, 0.2) is 11.5 Å². The Morgan fingerprint density at radius 1 is 0.863 bits per heavy atom. The van der Waals surface area contributed by atoms with Crippen molar-refractivity contribution in [3.63, 3.8) is 0 Å². The summed E-state index contributed by atoms with van der Waals surface area (Å²) < 4.78 is 35.3. The number of aliphatic hydroxyl groups excluding tert-OH is 1. The summed E-state index contributed by atoms with van der Waals surface area (Å²) in [5.41, 5.74) is 1.71. The van der Waals surface area contributed by atoms with Gasteiger partial charge in [0, 0.05) is 68.2 Å². The highest BCUT2D eigenvalue weighted by molar-refractivity contribution is 6.39. The van der Waals surface area contributed by atoms with Crippen LogP contribution in [0.1, 0.15) is 112 Å². The fraction of sp³-hybridized carbons (Fsp3) is 0.636. The number of rotatable bonds is 8. The van der Waals surface area contributed by atoms with E-state index in [0.29, 0.717) is 64.9 Å². The second kappa shape index (κ2) is 27.7. The maximum atomic E-state index is 14.3. The molecule has 1 amide bonds. The molecule has 2 aromatic rings. The third-order valence-corrected chi connectivity index (χ3v) is 16.1. The van der Waals surface area contributed by atoms with Crippen LogP contribution in [0.5, 0.6) is 17.2 Å². The maximum absolute atomic E-state index is 14.3. The van der Waals surface area contributed by atoms with Gasteiger partial charge in [-0.25, -0.2) is 4.79 Å². The van der Waals surface area contributed by atoms with Crippen molar-refractivity contribution in [2.45, 2.75) is 166 Å². The molecule has 2 aromatic carbocycles. The number of ether oxygens (including phenoxy) is 6. The number of hydrogen-bond donors (Lipinski definition) is 3. The first-order valence-corrected chi connectivity index (χ1v) is 27.0. The lowest BCUT2D eigenvalue weighted by Gasteiger charge is -2.47. The number of carbonyl (C=O) groups is 4. The highest BCUT2D eigenvalue weighted by Gasteiger charge is 2.56. The summed E-state index contributed by atoms with van der Waals surface area (Å²) in [7, 11) is 4.71. The minimum atomic E-state index is -2.49. The van der Waals surface area contributed by atoms with Gasteiger partial charge < -0.3 is 48.6 Å². The van der Waals surface area contributed by atoms with Gasteiger partial charge in [0.2, 0.25) is 5.79 Å². The number of nitrogens with zero attached hydrogens (tertiary/aromatic N) is 1. The molecule has 3 fully saturated rings. The molecule has 0 unspecified atom stereocenters. The summed E-state index contributed by atoms with van der Waals surface area (Å²) in [4.78, 5) is 57.7. The molecule has 14 atom stereocenters. The number of methoxy groups -OCH3 is 3. The van der Waals surface area contributed by atoms with Crippen LogP contribution in [0.25, 0.3) is 0 Å². The molecule has 1 saturated carbocycles. The molecule has 406 valence electrons. The van der Waals surface area contributed by atoms with Crippen molar-refractivity contribution in [1.29, 1.82) is 0 Å². The van der Waals surface area contributed by atoms with Gasteiger partial charge in [0.25, 0.3) is 11.7 Å². The van der Waals surface area contributed by atoms with E-state index in [-0.39, 0.29) is 66.4 Å². The number of carbonyl (C=O) groups excluding carboxylic acids is 4. The van der Waals surface area contributed by atoms with Crippen molar-refractivity contribution < 1.29 is 62.9 Å². The van der Waals surface area contributed by atoms with Crippen molar-refractivity contribution in [3.05, 3.63) is 74.8 Å². The van der Waals surface area contributed by atoms with E-state index in [0.717, 1.165) is 18.4 Å². The summed E-state index contributed by atoms with van der Waals surface area (Å²) in [6.45, 7) is 11.3. The van der Waals surface area contributed by atoms with Gasteiger partial charge in [-0.2, -0.15) is 0 Å². The predicted molar refractivity (Wildman–Crippen MR) is 281 cm³/mol. The lowest BCUT2D eigenvalue weighted by molar-refractivity contribution is -0.302. The standard InChI is InChI=1S/C43H68ClNO11.C12H7Cl3O2/c1-10-30-18-24(2)17-25(3)19-36(53-8)39-37(54-9)21-27(5)43(51,56-39)40(48)41(49)45-16-12-11-13-32(45)42(50)55-38(28(6)33(46)23-34(30)47)26(4)20-29-14-15-31(44)35(22-29)52-7;13-7-1-3-11(9(15)5-7)17-12-4-2-8(14)6-10(12)16/h18,20,25,27-33,35-39,46,51H,10-17,19,21-23H2,1-9H3;1-6,16H/b24-18+,26-20+;/t25-,27+,28+,29-,30+,31+,32-,33-,35+,36-,37-,38+,39+,43+;/m0./s1. The van der Waals surface area contributed by atoms with E-state index < -0.39 is 77.8 Å². The molecular formula is C55H75Cl4NO13. The number of aliphatic hydroxyl groups is 2. The Kier molecular flexibility index (Phi) is 23.0. The first-order chi connectivity index (χ1) is 34.5.